The minimum atomic E-state index is -0.586. The predicted molar refractivity (Wildman–Crippen MR) is 110 cm³/mol. The summed E-state index contributed by atoms with van der Waals surface area (Å²) in [6.45, 7) is 1.99. The maximum absolute atomic E-state index is 13.2. The van der Waals surface area contributed by atoms with Crippen molar-refractivity contribution in [2.45, 2.75) is 19.6 Å². The minimum Gasteiger partial charge on any atom is -0.497 e. The highest BCUT2D eigenvalue weighted by atomic mass is 16.5. The molecule has 8 nitrogen and oxygen atoms in total. The number of aromatic nitrogens is 3. The topological polar surface area (TPSA) is 87.5 Å². The van der Waals surface area contributed by atoms with E-state index in [4.69, 9.17) is 14.2 Å². The lowest BCUT2D eigenvalue weighted by atomic mass is 9.94. The van der Waals surface area contributed by atoms with E-state index >= 15 is 0 Å². The maximum atomic E-state index is 13.2. The lowest BCUT2D eigenvalue weighted by Gasteiger charge is -2.29. The molecule has 3 aromatic rings. The van der Waals surface area contributed by atoms with Crippen LogP contribution in [0.25, 0.3) is 0 Å². The highest BCUT2D eigenvalue weighted by Crippen LogP contribution is 2.40. The normalized spacial score (nSPS) is 15.2. The van der Waals surface area contributed by atoms with E-state index in [1.165, 1.54) is 6.33 Å². The van der Waals surface area contributed by atoms with Gasteiger partial charge in [-0.05, 0) is 30.7 Å². The second-order valence-electron chi connectivity index (χ2n) is 6.76. The van der Waals surface area contributed by atoms with Crippen molar-refractivity contribution in [1.82, 2.24) is 14.8 Å². The van der Waals surface area contributed by atoms with Crippen molar-refractivity contribution in [2.24, 2.45) is 0 Å². The molecule has 0 saturated carbocycles. The minimum absolute atomic E-state index is 0.169. The van der Waals surface area contributed by atoms with Gasteiger partial charge in [0.2, 0.25) is 5.95 Å². The number of anilines is 1. The van der Waals surface area contributed by atoms with Gasteiger partial charge in [0.05, 0.1) is 19.8 Å². The van der Waals surface area contributed by atoms with Crippen LogP contribution in [0.5, 0.6) is 11.5 Å². The number of nitrogens with zero attached hydrogens (tertiary/aromatic N) is 3. The number of methoxy groups -OCH3 is 2. The van der Waals surface area contributed by atoms with Crippen molar-refractivity contribution in [1.29, 1.82) is 0 Å². The van der Waals surface area contributed by atoms with Gasteiger partial charge >= 0.3 is 5.97 Å². The van der Waals surface area contributed by atoms with E-state index in [-0.39, 0.29) is 6.61 Å². The van der Waals surface area contributed by atoms with Gasteiger partial charge in [0.1, 0.15) is 30.5 Å². The zero-order valence-electron chi connectivity index (χ0n) is 17.0. The number of rotatable bonds is 6. The SMILES string of the molecule is COc1ccc(OC)c([C@H]2C(C(=O)OCc3ccccc3)=C(C)Nc3ncnn32)c1. The van der Waals surface area contributed by atoms with Crippen LogP contribution in [0.1, 0.15) is 24.1 Å². The van der Waals surface area contributed by atoms with Gasteiger partial charge in [0.15, 0.2) is 0 Å². The van der Waals surface area contributed by atoms with Crippen LogP contribution < -0.4 is 14.8 Å². The average Bonchev–Trinajstić information content (AvgIpc) is 3.24. The summed E-state index contributed by atoms with van der Waals surface area (Å²) in [6, 6.07) is 14.4. The summed E-state index contributed by atoms with van der Waals surface area (Å²) in [6.07, 6.45) is 1.44. The third-order valence-electron chi connectivity index (χ3n) is 4.96. The van der Waals surface area contributed by atoms with Crippen LogP contribution in [0, 0.1) is 0 Å². The Labute approximate surface area is 174 Å². The Balaban J connectivity index is 1.75. The molecule has 0 amide bonds. The Morgan fingerprint density at radius 3 is 2.67 bits per heavy atom. The molecule has 0 spiro atoms. The third-order valence-corrected chi connectivity index (χ3v) is 4.96. The lowest BCUT2D eigenvalue weighted by Crippen LogP contribution is -2.30. The molecule has 0 radical (unpaired) electrons. The Hall–Kier alpha value is -3.81. The first-order valence-corrected chi connectivity index (χ1v) is 9.42. The molecule has 2 aromatic carbocycles. The molecule has 30 heavy (non-hydrogen) atoms. The Morgan fingerprint density at radius 2 is 1.93 bits per heavy atom. The standard InChI is InChI=1S/C22H22N4O4/c1-14-19(21(27)30-12-15-7-5-4-6-8-15)20(26-22(25-14)23-13-24-26)17-11-16(28-2)9-10-18(17)29-3/h4-11,13,20H,12H2,1-3H3,(H,23,24,25)/t20-/m0/s1. The van der Waals surface area contributed by atoms with Gasteiger partial charge < -0.3 is 19.5 Å². The van der Waals surface area contributed by atoms with Crippen LogP contribution >= 0.6 is 0 Å². The lowest BCUT2D eigenvalue weighted by molar-refractivity contribution is -0.140. The zero-order chi connectivity index (χ0) is 21.1. The largest absolute Gasteiger partial charge is 0.497 e. The molecule has 0 bridgehead atoms. The summed E-state index contributed by atoms with van der Waals surface area (Å²) in [4.78, 5) is 17.4. The van der Waals surface area contributed by atoms with E-state index in [2.05, 4.69) is 15.4 Å². The zero-order valence-corrected chi connectivity index (χ0v) is 17.0. The fourth-order valence-corrected chi connectivity index (χ4v) is 3.50. The fraction of sp³-hybridized carbons (Fsp3) is 0.227. The number of hydrogen-bond acceptors (Lipinski definition) is 7. The summed E-state index contributed by atoms with van der Waals surface area (Å²) in [5, 5.41) is 7.47. The van der Waals surface area contributed by atoms with Gasteiger partial charge in [0.25, 0.3) is 0 Å². The number of benzene rings is 2. The van der Waals surface area contributed by atoms with Crippen LogP contribution in [0.2, 0.25) is 0 Å². The number of carbonyl (C=O) groups is 1. The molecule has 1 atom stereocenters. The molecule has 0 fully saturated rings. The van der Waals surface area contributed by atoms with Crippen LogP contribution in [0.15, 0.2) is 66.1 Å². The number of nitrogens with one attached hydrogen (secondary N) is 1. The molecule has 2 heterocycles. The number of allylic oxidation sites excluding steroid dienone is 1. The van der Waals surface area contributed by atoms with Crippen LogP contribution in [0.4, 0.5) is 5.95 Å². The van der Waals surface area contributed by atoms with Crippen molar-refractivity contribution in [2.75, 3.05) is 19.5 Å². The second-order valence-corrected chi connectivity index (χ2v) is 6.76. The Morgan fingerprint density at radius 1 is 1.13 bits per heavy atom. The number of carbonyl (C=O) groups excluding carboxylic acids is 1. The summed E-state index contributed by atoms with van der Waals surface area (Å²) in [7, 11) is 3.17. The molecule has 0 saturated heterocycles. The first-order valence-electron chi connectivity index (χ1n) is 9.42. The maximum Gasteiger partial charge on any atom is 0.338 e. The van der Waals surface area contributed by atoms with E-state index < -0.39 is 12.0 Å². The molecule has 1 aliphatic rings. The van der Waals surface area contributed by atoms with Gasteiger partial charge in [-0.15, -0.1) is 0 Å². The highest BCUT2D eigenvalue weighted by molar-refractivity contribution is 5.92. The predicted octanol–water partition coefficient (Wildman–Crippen LogP) is 3.33. The molecule has 1 aromatic heterocycles. The number of hydrogen-bond donors (Lipinski definition) is 1. The van der Waals surface area contributed by atoms with E-state index in [1.54, 1.807) is 31.0 Å². The Kier molecular flexibility index (Phi) is 5.38. The van der Waals surface area contributed by atoms with Crippen molar-refractivity contribution in [3.8, 4) is 11.5 Å². The quantitative estimate of drug-likeness (QED) is 0.628. The van der Waals surface area contributed by atoms with Crippen molar-refractivity contribution < 1.29 is 19.0 Å². The van der Waals surface area contributed by atoms with Crippen LogP contribution in [-0.4, -0.2) is 35.0 Å². The molecule has 4 rings (SSSR count). The molecule has 154 valence electrons. The summed E-state index contributed by atoms with van der Waals surface area (Å²) in [5.41, 5.74) is 2.69. The summed E-state index contributed by atoms with van der Waals surface area (Å²) >= 11 is 0. The van der Waals surface area contributed by atoms with Gasteiger partial charge in [-0.25, -0.2) is 9.48 Å². The van der Waals surface area contributed by atoms with E-state index in [9.17, 15) is 4.79 Å². The first kappa shape index (κ1) is 19.5. The van der Waals surface area contributed by atoms with E-state index in [0.29, 0.717) is 28.7 Å². The molecular formula is C22H22N4O4. The Bertz CT molecular complexity index is 1090. The number of esters is 1. The smallest absolute Gasteiger partial charge is 0.338 e. The van der Waals surface area contributed by atoms with Crippen molar-refractivity contribution >= 4 is 11.9 Å². The number of ether oxygens (including phenoxy) is 3. The summed E-state index contributed by atoms with van der Waals surface area (Å²) in [5.74, 6) is 1.33. The molecule has 8 heteroatoms. The molecular weight excluding hydrogens is 384 g/mol. The number of fused-ring (bicyclic) bond motifs is 1. The highest BCUT2D eigenvalue weighted by Gasteiger charge is 2.36. The molecule has 0 aliphatic carbocycles. The second kappa shape index (κ2) is 8.28. The van der Waals surface area contributed by atoms with E-state index in [1.807, 2.05) is 43.3 Å². The first-order chi connectivity index (χ1) is 14.6. The molecule has 1 N–H and O–H groups in total. The van der Waals surface area contributed by atoms with Crippen molar-refractivity contribution in [3.63, 3.8) is 0 Å². The fourth-order valence-electron chi connectivity index (χ4n) is 3.50. The molecule has 1 aliphatic heterocycles. The molecule has 0 unspecified atom stereocenters. The monoisotopic (exact) mass is 406 g/mol. The van der Waals surface area contributed by atoms with Gasteiger partial charge in [-0.1, -0.05) is 30.3 Å². The van der Waals surface area contributed by atoms with E-state index in [0.717, 1.165) is 11.1 Å². The third kappa shape index (κ3) is 3.59. The van der Waals surface area contributed by atoms with Crippen LogP contribution in [0.3, 0.4) is 0 Å². The van der Waals surface area contributed by atoms with Gasteiger partial charge in [-0.3, -0.25) is 0 Å². The van der Waals surface area contributed by atoms with Crippen LogP contribution in [-0.2, 0) is 16.1 Å². The van der Waals surface area contributed by atoms with Crippen molar-refractivity contribution in [3.05, 3.63) is 77.3 Å². The summed E-state index contributed by atoms with van der Waals surface area (Å²) < 4.78 is 18.2. The van der Waals surface area contributed by atoms with Gasteiger partial charge in [0, 0.05) is 11.3 Å². The average molecular weight is 406 g/mol. The van der Waals surface area contributed by atoms with Gasteiger partial charge in [-0.2, -0.15) is 10.1 Å².